The van der Waals surface area contributed by atoms with Crippen LogP contribution in [0, 0.1) is 0 Å². The number of carbonyl (C=O) groups is 1. The number of hydrogen-bond acceptors (Lipinski definition) is 4. The summed E-state index contributed by atoms with van der Waals surface area (Å²) in [6.45, 7) is 5.44. The number of benzene rings is 1. The summed E-state index contributed by atoms with van der Waals surface area (Å²) >= 11 is 0. The largest absolute Gasteiger partial charge is 0.490 e. The highest BCUT2D eigenvalue weighted by atomic mass is 19.4. The van der Waals surface area contributed by atoms with Crippen molar-refractivity contribution in [1.82, 2.24) is 9.55 Å². The number of nitrogens with zero attached hydrogens (tertiary/aromatic N) is 2. The normalized spacial score (nSPS) is 19.2. The van der Waals surface area contributed by atoms with E-state index in [2.05, 4.69) is 4.98 Å². The van der Waals surface area contributed by atoms with Crippen molar-refractivity contribution in [1.29, 1.82) is 0 Å². The summed E-state index contributed by atoms with van der Waals surface area (Å²) in [5.74, 6) is 0.820. The van der Waals surface area contributed by atoms with Crippen LogP contribution < -0.4 is 4.74 Å². The predicted octanol–water partition coefficient (Wildman–Crippen LogP) is 6.16. The quantitative estimate of drug-likeness (QED) is 0.497. The molecule has 1 aromatic carbocycles. The average Bonchev–Trinajstić information content (AvgIpc) is 3.06. The minimum absolute atomic E-state index is 0.0160. The van der Waals surface area contributed by atoms with E-state index in [1.807, 2.05) is 39.0 Å². The zero-order valence-corrected chi connectivity index (χ0v) is 17.4. The van der Waals surface area contributed by atoms with Crippen LogP contribution in [0.5, 0.6) is 5.75 Å². The molecule has 1 saturated carbocycles. The van der Waals surface area contributed by atoms with E-state index >= 15 is 0 Å². The molecule has 1 fully saturated rings. The summed E-state index contributed by atoms with van der Waals surface area (Å²) in [5, 5.41) is 0.853. The maximum atomic E-state index is 12.6. The van der Waals surface area contributed by atoms with Crippen LogP contribution in [0.15, 0.2) is 48.8 Å². The molecule has 5 nitrogen and oxygen atoms in total. The molecule has 8 heteroatoms. The Balaban J connectivity index is 1.38. The lowest BCUT2D eigenvalue weighted by Crippen LogP contribution is -2.32. The van der Waals surface area contributed by atoms with Gasteiger partial charge in [-0.15, -0.1) is 0 Å². The summed E-state index contributed by atoms with van der Waals surface area (Å²) in [6, 6.07) is 9.81. The Morgan fingerprint density at radius 1 is 1.10 bits per heavy atom. The van der Waals surface area contributed by atoms with Crippen LogP contribution in [0.2, 0.25) is 0 Å². The van der Waals surface area contributed by atoms with E-state index < -0.39 is 23.6 Å². The standard InChI is InChI=1S/C23H23F3N2O3/c1-22(2,3)31-21(29)28-9-8-14-10-17(5-6-19(14)28)30-18-11-16(12-18)15-4-7-20(27-13-15)23(24,25)26/h4-10,13,16,18H,11-12H2,1-3H3/t16-,18-. The van der Waals surface area contributed by atoms with E-state index in [1.165, 1.54) is 16.8 Å². The van der Waals surface area contributed by atoms with Gasteiger partial charge in [-0.3, -0.25) is 9.55 Å². The number of alkyl halides is 3. The van der Waals surface area contributed by atoms with Crippen molar-refractivity contribution >= 4 is 17.0 Å². The van der Waals surface area contributed by atoms with Crippen molar-refractivity contribution < 1.29 is 27.4 Å². The Bertz CT molecular complexity index is 1090. The first-order chi connectivity index (χ1) is 14.5. The summed E-state index contributed by atoms with van der Waals surface area (Å²) in [4.78, 5) is 15.9. The maximum absolute atomic E-state index is 12.6. The third-order valence-electron chi connectivity index (χ3n) is 5.20. The van der Waals surface area contributed by atoms with Gasteiger partial charge in [-0.25, -0.2) is 4.79 Å². The van der Waals surface area contributed by atoms with Crippen LogP contribution in [-0.2, 0) is 10.9 Å². The molecule has 0 N–H and O–H groups in total. The van der Waals surface area contributed by atoms with E-state index in [0.717, 1.165) is 22.5 Å². The fourth-order valence-corrected chi connectivity index (χ4v) is 3.61. The molecule has 0 spiro atoms. The van der Waals surface area contributed by atoms with Crippen molar-refractivity contribution in [3.8, 4) is 5.75 Å². The molecule has 2 heterocycles. The Labute approximate surface area is 177 Å². The molecule has 0 radical (unpaired) electrons. The predicted molar refractivity (Wildman–Crippen MR) is 109 cm³/mol. The summed E-state index contributed by atoms with van der Waals surface area (Å²) in [6.07, 6.45) is -0.492. The van der Waals surface area contributed by atoms with Gasteiger partial charge in [0.05, 0.1) is 11.6 Å². The molecular formula is C23H23F3N2O3. The first-order valence-electron chi connectivity index (χ1n) is 10.0. The zero-order valence-electron chi connectivity index (χ0n) is 17.4. The van der Waals surface area contributed by atoms with Gasteiger partial charge in [-0.1, -0.05) is 6.07 Å². The molecular weight excluding hydrogens is 409 g/mol. The van der Waals surface area contributed by atoms with Gasteiger partial charge in [0.1, 0.15) is 17.0 Å². The van der Waals surface area contributed by atoms with Gasteiger partial charge in [0.2, 0.25) is 0 Å². The van der Waals surface area contributed by atoms with Crippen LogP contribution in [-0.4, -0.2) is 27.3 Å². The van der Waals surface area contributed by atoms with Gasteiger partial charge < -0.3 is 9.47 Å². The number of halogens is 3. The van der Waals surface area contributed by atoms with Crippen molar-refractivity contribution in [2.24, 2.45) is 0 Å². The van der Waals surface area contributed by atoms with Gasteiger partial charge in [0.25, 0.3) is 0 Å². The van der Waals surface area contributed by atoms with Gasteiger partial charge in [0, 0.05) is 17.8 Å². The second-order valence-electron chi connectivity index (χ2n) is 8.77. The maximum Gasteiger partial charge on any atom is 0.433 e. The van der Waals surface area contributed by atoms with Crippen LogP contribution in [0.25, 0.3) is 10.9 Å². The van der Waals surface area contributed by atoms with E-state index in [1.54, 1.807) is 12.3 Å². The first kappa shape index (κ1) is 21.2. The zero-order chi connectivity index (χ0) is 22.4. The van der Waals surface area contributed by atoms with E-state index in [0.29, 0.717) is 18.6 Å². The molecule has 0 aliphatic heterocycles. The minimum atomic E-state index is -4.43. The molecule has 4 rings (SSSR count). The Morgan fingerprint density at radius 3 is 2.45 bits per heavy atom. The molecule has 0 amide bonds. The van der Waals surface area contributed by atoms with E-state index in [-0.39, 0.29) is 12.0 Å². The summed E-state index contributed by atoms with van der Waals surface area (Å²) in [5.41, 5.74) is 0.0525. The molecule has 1 aliphatic carbocycles. The van der Waals surface area contributed by atoms with Gasteiger partial charge in [0.15, 0.2) is 0 Å². The molecule has 1 aliphatic rings. The number of aromatic nitrogens is 2. The summed E-state index contributed by atoms with van der Waals surface area (Å²) in [7, 11) is 0. The minimum Gasteiger partial charge on any atom is -0.490 e. The third kappa shape index (κ3) is 4.68. The molecule has 31 heavy (non-hydrogen) atoms. The van der Waals surface area contributed by atoms with E-state index in [9.17, 15) is 18.0 Å². The van der Waals surface area contributed by atoms with Crippen LogP contribution in [0.1, 0.15) is 50.8 Å². The van der Waals surface area contributed by atoms with Crippen LogP contribution >= 0.6 is 0 Å². The van der Waals surface area contributed by atoms with Gasteiger partial charge in [-0.05, 0) is 75.4 Å². The number of hydrogen-bond donors (Lipinski definition) is 0. The van der Waals surface area contributed by atoms with Gasteiger partial charge >= 0.3 is 12.3 Å². The number of pyridine rings is 1. The van der Waals surface area contributed by atoms with Crippen molar-refractivity contribution in [2.75, 3.05) is 0 Å². The van der Waals surface area contributed by atoms with Crippen LogP contribution in [0.3, 0.4) is 0 Å². The van der Waals surface area contributed by atoms with Crippen molar-refractivity contribution in [3.63, 3.8) is 0 Å². The molecule has 0 atom stereocenters. The fraction of sp³-hybridized carbons (Fsp3) is 0.391. The number of ether oxygens (including phenoxy) is 2. The topological polar surface area (TPSA) is 53.4 Å². The van der Waals surface area contributed by atoms with Gasteiger partial charge in [-0.2, -0.15) is 13.2 Å². The second kappa shape index (κ2) is 7.59. The Morgan fingerprint density at radius 2 is 1.84 bits per heavy atom. The molecule has 3 aromatic rings. The highest BCUT2D eigenvalue weighted by Crippen LogP contribution is 2.40. The first-order valence-corrected chi connectivity index (χ1v) is 10.0. The highest BCUT2D eigenvalue weighted by Gasteiger charge is 2.35. The third-order valence-corrected chi connectivity index (χ3v) is 5.20. The van der Waals surface area contributed by atoms with Crippen molar-refractivity contribution in [2.45, 2.75) is 57.4 Å². The SMILES string of the molecule is CC(C)(C)OC(=O)n1ccc2cc(O[C@H]3C[C@H](c4ccc(C(F)(F)F)nc4)C3)ccc21. The summed E-state index contributed by atoms with van der Waals surface area (Å²) < 4.78 is 50.8. The molecule has 164 valence electrons. The number of fused-ring (bicyclic) bond motifs is 1. The van der Waals surface area contributed by atoms with Crippen molar-refractivity contribution in [3.05, 3.63) is 60.0 Å². The lowest BCUT2D eigenvalue weighted by molar-refractivity contribution is -0.141. The Kier molecular flexibility index (Phi) is 5.19. The molecule has 2 aromatic heterocycles. The highest BCUT2D eigenvalue weighted by molar-refractivity contribution is 5.90. The lowest BCUT2D eigenvalue weighted by Gasteiger charge is -2.35. The Hall–Kier alpha value is -3.03. The number of rotatable bonds is 3. The monoisotopic (exact) mass is 432 g/mol. The fourth-order valence-electron chi connectivity index (χ4n) is 3.61. The average molecular weight is 432 g/mol. The molecule has 0 unspecified atom stereocenters. The van der Waals surface area contributed by atoms with E-state index in [4.69, 9.17) is 9.47 Å². The lowest BCUT2D eigenvalue weighted by atomic mass is 9.78. The molecule has 0 bridgehead atoms. The van der Waals surface area contributed by atoms with Crippen LogP contribution in [0.4, 0.5) is 18.0 Å². The molecule has 0 saturated heterocycles. The second-order valence-corrected chi connectivity index (χ2v) is 8.77. The smallest absolute Gasteiger partial charge is 0.433 e. The number of carbonyl (C=O) groups excluding carboxylic acids is 1.